The van der Waals surface area contributed by atoms with Crippen LogP contribution in [0, 0.1) is 5.41 Å². The Balaban J connectivity index is 4.71. The molecule has 0 saturated heterocycles. The van der Waals surface area contributed by atoms with Crippen molar-refractivity contribution in [2.75, 3.05) is 0 Å². The second-order valence-corrected chi connectivity index (χ2v) is 5.14. The number of allylic oxidation sites excluding steroid dienone is 1. The van der Waals surface area contributed by atoms with E-state index in [9.17, 15) is 0 Å². The van der Waals surface area contributed by atoms with Gasteiger partial charge in [0.2, 0.25) is 0 Å². The molecule has 15 heavy (non-hydrogen) atoms. The third kappa shape index (κ3) is 4.86. The van der Waals surface area contributed by atoms with E-state index in [1.54, 1.807) is 0 Å². The molecule has 0 bridgehead atoms. The van der Waals surface area contributed by atoms with Gasteiger partial charge in [0.05, 0.1) is 0 Å². The molecule has 0 spiro atoms. The lowest BCUT2D eigenvalue weighted by Gasteiger charge is -2.34. The Morgan fingerprint density at radius 3 is 1.87 bits per heavy atom. The summed E-state index contributed by atoms with van der Waals surface area (Å²) >= 11 is 8.91. The fourth-order valence-corrected chi connectivity index (χ4v) is 2.98. The molecule has 0 atom stereocenters. The number of thiol groups is 2. The van der Waals surface area contributed by atoms with Gasteiger partial charge in [-0.05, 0) is 29.6 Å². The lowest BCUT2D eigenvalue weighted by Crippen LogP contribution is -2.21. The predicted octanol–water partition coefficient (Wildman–Crippen LogP) is 5.46. The zero-order valence-electron chi connectivity index (χ0n) is 10.4. The normalized spacial score (nSPS) is 13.3. The third-order valence-corrected chi connectivity index (χ3v) is 4.20. The van der Waals surface area contributed by atoms with Gasteiger partial charge in [0.15, 0.2) is 0 Å². The van der Waals surface area contributed by atoms with Gasteiger partial charge in [0.25, 0.3) is 0 Å². The Morgan fingerprint density at radius 1 is 1.00 bits per heavy atom. The van der Waals surface area contributed by atoms with Gasteiger partial charge in [0.1, 0.15) is 0 Å². The standard InChI is InChI=1S/C13H26S2/c1-4-7-10-13(8-5-2,9-6-3)12(15)11-14/h11,14-15H,4-10H2,1-3H3. The van der Waals surface area contributed by atoms with Crippen LogP contribution in [0.25, 0.3) is 0 Å². The molecule has 0 heterocycles. The first-order chi connectivity index (χ1) is 7.16. The van der Waals surface area contributed by atoms with Gasteiger partial charge in [-0.15, -0.1) is 12.6 Å². The summed E-state index contributed by atoms with van der Waals surface area (Å²) in [5, 5.41) is 1.89. The predicted molar refractivity (Wildman–Crippen MR) is 77.8 cm³/mol. The van der Waals surface area contributed by atoms with Gasteiger partial charge in [0, 0.05) is 5.41 Å². The maximum absolute atomic E-state index is 4.64. The molecule has 2 heteroatoms. The second-order valence-electron chi connectivity index (χ2n) is 4.40. The molecule has 0 nitrogen and oxygen atoms in total. The van der Waals surface area contributed by atoms with Crippen LogP contribution in [-0.4, -0.2) is 0 Å². The van der Waals surface area contributed by atoms with Crippen molar-refractivity contribution in [2.45, 2.75) is 65.7 Å². The molecule has 0 aromatic heterocycles. The summed E-state index contributed by atoms with van der Waals surface area (Å²) < 4.78 is 0. The van der Waals surface area contributed by atoms with Gasteiger partial charge in [-0.1, -0.05) is 46.5 Å². The molecule has 0 aromatic rings. The molecule has 0 unspecified atom stereocenters. The largest absolute Gasteiger partial charge is 0.151 e. The summed E-state index contributed by atoms with van der Waals surface area (Å²) in [4.78, 5) is 1.18. The SMILES string of the molecule is CCCCC(CCC)(CCC)C(S)=CS. The van der Waals surface area contributed by atoms with E-state index in [1.807, 2.05) is 5.41 Å². The van der Waals surface area contributed by atoms with Crippen molar-refractivity contribution in [3.05, 3.63) is 10.3 Å². The van der Waals surface area contributed by atoms with E-state index in [1.165, 1.54) is 49.9 Å². The maximum Gasteiger partial charge on any atom is 0.00151 e. The van der Waals surface area contributed by atoms with Crippen LogP contribution >= 0.6 is 25.3 Å². The molecule has 90 valence electrons. The van der Waals surface area contributed by atoms with Crippen LogP contribution in [0.4, 0.5) is 0 Å². The Hall–Kier alpha value is 0.440. The van der Waals surface area contributed by atoms with Crippen LogP contribution in [0.3, 0.4) is 0 Å². The quantitative estimate of drug-likeness (QED) is 0.522. The fraction of sp³-hybridized carbons (Fsp3) is 0.846. The number of hydrogen-bond acceptors (Lipinski definition) is 2. The van der Waals surface area contributed by atoms with Crippen molar-refractivity contribution in [2.24, 2.45) is 5.41 Å². The van der Waals surface area contributed by atoms with Crippen molar-refractivity contribution in [1.29, 1.82) is 0 Å². The Morgan fingerprint density at radius 2 is 1.53 bits per heavy atom. The minimum atomic E-state index is 0.310. The minimum Gasteiger partial charge on any atom is -0.151 e. The van der Waals surface area contributed by atoms with E-state index in [4.69, 9.17) is 0 Å². The van der Waals surface area contributed by atoms with Crippen LogP contribution in [-0.2, 0) is 0 Å². The lowest BCUT2D eigenvalue weighted by atomic mass is 9.75. The minimum absolute atomic E-state index is 0.310. The fourth-order valence-electron chi connectivity index (χ4n) is 2.37. The topological polar surface area (TPSA) is 0 Å². The first-order valence-corrected chi connectivity index (χ1v) is 7.17. The smallest absolute Gasteiger partial charge is 0.00151 e. The average Bonchev–Trinajstić information content (AvgIpc) is 2.25. The van der Waals surface area contributed by atoms with Gasteiger partial charge < -0.3 is 0 Å². The molecule has 0 aromatic carbocycles. The third-order valence-electron chi connectivity index (χ3n) is 3.13. The molecular weight excluding hydrogens is 220 g/mol. The maximum atomic E-state index is 4.64. The molecular formula is C13H26S2. The molecule has 0 aliphatic heterocycles. The highest BCUT2D eigenvalue weighted by Crippen LogP contribution is 2.44. The van der Waals surface area contributed by atoms with Crippen molar-refractivity contribution in [3.8, 4) is 0 Å². The van der Waals surface area contributed by atoms with E-state index in [0.29, 0.717) is 5.41 Å². The zero-order valence-corrected chi connectivity index (χ0v) is 12.2. The van der Waals surface area contributed by atoms with Gasteiger partial charge >= 0.3 is 0 Å². The van der Waals surface area contributed by atoms with Crippen molar-refractivity contribution >= 4 is 25.3 Å². The highest BCUT2D eigenvalue weighted by Gasteiger charge is 2.29. The summed E-state index contributed by atoms with van der Waals surface area (Å²) in [6, 6.07) is 0. The lowest BCUT2D eigenvalue weighted by molar-refractivity contribution is 0.277. The molecule has 0 N–H and O–H groups in total. The van der Waals surface area contributed by atoms with Crippen LogP contribution in [0.15, 0.2) is 10.3 Å². The van der Waals surface area contributed by atoms with Crippen LogP contribution < -0.4 is 0 Å². The number of unbranched alkanes of at least 4 members (excludes halogenated alkanes) is 1. The van der Waals surface area contributed by atoms with Crippen LogP contribution in [0.1, 0.15) is 65.7 Å². The summed E-state index contributed by atoms with van der Waals surface area (Å²) in [6.07, 6.45) is 8.79. The highest BCUT2D eigenvalue weighted by molar-refractivity contribution is 7.87. The molecule has 0 aliphatic carbocycles. The number of hydrogen-bond donors (Lipinski definition) is 2. The van der Waals surface area contributed by atoms with Crippen molar-refractivity contribution in [1.82, 2.24) is 0 Å². The molecule has 0 aliphatic rings. The average molecular weight is 246 g/mol. The molecule has 0 fully saturated rings. The van der Waals surface area contributed by atoms with E-state index in [-0.39, 0.29) is 0 Å². The number of rotatable bonds is 8. The van der Waals surface area contributed by atoms with E-state index < -0.39 is 0 Å². The molecule has 0 rings (SSSR count). The van der Waals surface area contributed by atoms with E-state index in [0.717, 1.165) is 0 Å². The molecule has 0 radical (unpaired) electrons. The summed E-state index contributed by atoms with van der Waals surface area (Å²) in [5.41, 5.74) is 0.310. The monoisotopic (exact) mass is 246 g/mol. The summed E-state index contributed by atoms with van der Waals surface area (Å²) in [5.74, 6) is 0. The molecule has 0 saturated carbocycles. The van der Waals surface area contributed by atoms with Gasteiger partial charge in [-0.2, -0.15) is 12.6 Å². The summed E-state index contributed by atoms with van der Waals surface area (Å²) in [6.45, 7) is 6.77. The van der Waals surface area contributed by atoms with Gasteiger partial charge in [-0.3, -0.25) is 0 Å². The highest BCUT2D eigenvalue weighted by atomic mass is 32.1. The van der Waals surface area contributed by atoms with E-state index >= 15 is 0 Å². The van der Waals surface area contributed by atoms with E-state index in [2.05, 4.69) is 46.0 Å². The first-order valence-electron chi connectivity index (χ1n) is 6.20. The van der Waals surface area contributed by atoms with Crippen molar-refractivity contribution < 1.29 is 0 Å². The zero-order chi connectivity index (χ0) is 11.7. The summed E-state index contributed by atoms with van der Waals surface area (Å²) in [7, 11) is 0. The van der Waals surface area contributed by atoms with Crippen LogP contribution in [0.2, 0.25) is 0 Å². The second kappa shape index (κ2) is 8.58. The van der Waals surface area contributed by atoms with Gasteiger partial charge in [-0.25, -0.2) is 0 Å². The van der Waals surface area contributed by atoms with Crippen molar-refractivity contribution in [3.63, 3.8) is 0 Å². The van der Waals surface area contributed by atoms with Crippen LogP contribution in [0.5, 0.6) is 0 Å². The Kier molecular flexibility index (Phi) is 8.83. The molecule has 0 amide bonds. The Labute approximate surface area is 107 Å². The Bertz CT molecular complexity index is 179. The first kappa shape index (κ1) is 15.4.